The summed E-state index contributed by atoms with van der Waals surface area (Å²) in [6.07, 6.45) is 1.72. The number of ether oxygens (including phenoxy) is 2. The van der Waals surface area contributed by atoms with Crippen LogP contribution in [0.4, 0.5) is 0 Å². The normalized spacial score (nSPS) is 11.4. The molecule has 0 fully saturated rings. The minimum Gasteiger partial charge on any atom is -0.475 e. The Balaban J connectivity index is 1.72. The molecule has 1 aromatic carbocycles. The molecule has 2 heterocycles. The minimum atomic E-state index is 0.449. The van der Waals surface area contributed by atoms with Gasteiger partial charge in [-0.25, -0.2) is 14.7 Å². The highest BCUT2D eigenvalue weighted by molar-refractivity contribution is 5.79. The molecular formula is C24H32N6O2. The summed E-state index contributed by atoms with van der Waals surface area (Å²) in [5.74, 6) is 1.31. The number of aromatic nitrogens is 3. The Bertz CT molecular complexity index is 1030. The van der Waals surface area contributed by atoms with E-state index in [1.54, 1.807) is 13.3 Å². The average Bonchev–Trinajstić information content (AvgIpc) is 3.14. The van der Waals surface area contributed by atoms with Gasteiger partial charge in [0.15, 0.2) is 5.96 Å². The van der Waals surface area contributed by atoms with Gasteiger partial charge in [0.2, 0.25) is 5.88 Å². The van der Waals surface area contributed by atoms with Gasteiger partial charge < -0.3 is 20.1 Å². The van der Waals surface area contributed by atoms with Gasteiger partial charge in [0.25, 0.3) is 0 Å². The fourth-order valence-corrected chi connectivity index (χ4v) is 3.32. The highest BCUT2D eigenvalue weighted by atomic mass is 16.5. The first-order valence-electron chi connectivity index (χ1n) is 10.8. The van der Waals surface area contributed by atoms with Crippen molar-refractivity contribution in [3.05, 3.63) is 71.2 Å². The zero-order valence-electron chi connectivity index (χ0n) is 19.3. The molecule has 3 aromatic rings. The Morgan fingerprint density at radius 2 is 1.88 bits per heavy atom. The van der Waals surface area contributed by atoms with E-state index in [9.17, 15) is 0 Å². The maximum Gasteiger partial charge on any atom is 0.218 e. The summed E-state index contributed by atoms with van der Waals surface area (Å²) >= 11 is 0. The van der Waals surface area contributed by atoms with Gasteiger partial charge in [0.05, 0.1) is 24.5 Å². The molecule has 0 atom stereocenters. The minimum absolute atomic E-state index is 0.449. The van der Waals surface area contributed by atoms with Crippen molar-refractivity contribution in [1.82, 2.24) is 25.4 Å². The Kier molecular flexibility index (Phi) is 8.62. The molecule has 0 bridgehead atoms. The van der Waals surface area contributed by atoms with Crippen molar-refractivity contribution in [3.8, 4) is 11.6 Å². The van der Waals surface area contributed by atoms with E-state index in [0.29, 0.717) is 32.2 Å². The van der Waals surface area contributed by atoms with Crippen LogP contribution in [0, 0.1) is 13.8 Å². The third-order valence-corrected chi connectivity index (χ3v) is 4.80. The van der Waals surface area contributed by atoms with Crippen LogP contribution in [0.15, 0.2) is 53.7 Å². The van der Waals surface area contributed by atoms with E-state index in [1.165, 1.54) is 0 Å². The Labute approximate surface area is 189 Å². The summed E-state index contributed by atoms with van der Waals surface area (Å²) in [4.78, 5) is 9.06. The molecule has 8 heteroatoms. The van der Waals surface area contributed by atoms with Gasteiger partial charge in [0.1, 0.15) is 6.61 Å². The largest absolute Gasteiger partial charge is 0.475 e. The van der Waals surface area contributed by atoms with Crippen molar-refractivity contribution in [2.24, 2.45) is 4.99 Å². The second-order valence-electron chi connectivity index (χ2n) is 7.33. The number of hydrogen-bond acceptors (Lipinski definition) is 5. The lowest BCUT2D eigenvalue weighted by atomic mass is 10.1. The quantitative estimate of drug-likeness (QED) is 0.288. The molecule has 32 heavy (non-hydrogen) atoms. The summed E-state index contributed by atoms with van der Waals surface area (Å²) in [5.41, 5.74) is 5.22. The number of hydrogen-bond donors (Lipinski definition) is 2. The fourth-order valence-electron chi connectivity index (χ4n) is 3.32. The zero-order chi connectivity index (χ0) is 22.8. The number of guanidine groups is 1. The first-order valence-corrected chi connectivity index (χ1v) is 10.8. The molecule has 2 aromatic heterocycles. The van der Waals surface area contributed by atoms with Gasteiger partial charge in [-0.3, -0.25) is 0 Å². The standard InChI is InChI=1S/C24H32N6O2/c1-5-25-24(28-17-21-10-8-12-26-23(21)32-14-13-31-4)27-16-20-9-6-7-11-22(20)30-19(3)15-18(2)29-30/h6-12,15H,5,13-14,16-17H2,1-4H3,(H2,25,27,28). The molecular weight excluding hydrogens is 404 g/mol. The van der Waals surface area contributed by atoms with Crippen molar-refractivity contribution < 1.29 is 9.47 Å². The third kappa shape index (κ3) is 6.31. The third-order valence-electron chi connectivity index (χ3n) is 4.80. The van der Waals surface area contributed by atoms with E-state index >= 15 is 0 Å². The number of methoxy groups -OCH3 is 1. The molecule has 0 spiro atoms. The van der Waals surface area contributed by atoms with Crippen LogP contribution in [0.1, 0.15) is 29.4 Å². The molecule has 8 nitrogen and oxygen atoms in total. The highest BCUT2D eigenvalue weighted by Gasteiger charge is 2.10. The van der Waals surface area contributed by atoms with Gasteiger partial charge in [-0.05, 0) is 44.5 Å². The zero-order valence-corrected chi connectivity index (χ0v) is 19.3. The number of nitrogens with zero attached hydrogens (tertiary/aromatic N) is 4. The number of rotatable bonds is 10. The van der Waals surface area contributed by atoms with Crippen LogP contribution in [0.25, 0.3) is 5.69 Å². The number of para-hydroxylation sites is 1. The molecule has 0 aliphatic carbocycles. The number of benzene rings is 1. The average molecular weight is 437 g/mol. The van der Waals surface area contributed by atoms with E-state index < -0.39 is 0 Å². The molecule has 0 aliphatic heterocycles. The van der Waals surface area contributed by atoms with Crippen LogP contribution in [0.5, 0.6) is 5.88 Å². The summed E-state index contributed by atoms with van der Waals surface area (Å²) in [6.45, 7) is 8.90. The van der Waals surface area contributed by atoms with Gasteiger partial charge in [-0.15, -0.1) is 0 Å². The number of nitrogens with one attached hydrogen (secondary N) is 2. The Hall–Kier alpha value is -3.39. The van der Waals surface area contributed by atoms with Gasteiger partial charge in [0, 0.05) is 37.7 Å². The lowest BCUT2D eigenvalue weighted by Gasteiger charge is -2.15. The fraction of sp³-hybridized carbons (Fsp3) is 0.375. The maximum atomic E-state index is 5.72. The molecule has 0 unspecified atom stereocenters. The van der Waals surface area contributed by atoms with Crippen LogP contribution in [-0.4, -0.2) is 47.6 Å². The monoisotopic (exact) mass is 436 g/mol. The molecule has 3 rings (SSSR count). The van der Waals surface area contributed by atoms with Crippen molar-refractivity contribution in [1.29, 1.82) is 0 Å². The van der Waals surface area contributed by atoms with Gasteiger partial charge in [-0.1, -0.05) is 24.3 Å². The SMILES string of the molecule is CCNC(=NCc1cccnc1OCCOC)NCc1ccccc1-n1nc(C)cc1C. The maximum absolute atomic E-state index is 5.72. The van der Waals surface area contributed by atoms with E-state index in [-0.39, 0.29) is 0 Å². The Morgan fingerprint density at radius 1 is 1.06 bits per heavy atom. The summed E-state index contributed by atoms with van der Waals surface area (Å²) < 4.78 is 12.8. The van der Waals surface area contributed by atoms with Crippen LogP contribution in [0.3, 0.4) is 0 Å². The van der Waals surface area contributed by atoms with E-state index in [1.807, 2.05) is 42.8 Å². The lowest BCUT2D eigenvalue weighted by Crippen LogP contribution is -2.37. The topological polar surface area (TPSA) is 85.6 Å². The van der Waals surface area contributed by atoms with Crippen LogP contribution in [0.2, 0.25) is 0 Å². The molecule has 0 aliphatic rings. The van der Waals surface area contributed by atoms with Crippen molar-refractivity contribution in [2.75, 3.05) is 26.9 Å². The van der Waals surface area contributed by atoms with E-state index in [4.69, 9.17) is 14.5 Å². The molecule has 0 saturated carbocycles. The smallest absolute Gasteiger partial charge is 0.218 e. The van der Waals surface area contributed by atoms with E-state index in [0.717, 1.165) is 40.7 Å². The summed E-state index contributed by atoms with van der Waals surface area (Å²) in [6, 6.07) is 14.2. The molecule has 0 amide bonds. The summed E-state index contributed by atoms with van der Waals surface area (Å²) in [5, 5.41) is 11.4. The lowest BCUT2D eigenvalue weighted by molar-refractivity contribution is 0.143. The second-order valence-corrected chi connectivity index (χ2v) is 7.33. The van der Waals surface area contributed by atoms with Crippen molar-refractivity contribution in [2.45, 2.75) is 33.9 Å². The predicted octanol–water partition coefficient (Wildman–Crippen LogP) is 3.16. The van der Waals surface area contributed by atoms with Crippen LogP contribution in [-0.2, 0) is 17.8 Å². The number of pyridine rings is 1. The van der Waals surface area contributed by atoms with Crippen molar-refractivity contribution in [3.63, 3.8) is 0 Å². The van der Waals surface area contributed by atoms with E-state index in [2.05, 4.69) is 45.8 Å². The van der Waals surface area contributed by atoms with Crippen LogP contribution >= 0.6 is 0 Å². The first-order chi connectivity index (χ1) is 15.6. The first kappa shape index (κ1) is 23.3. The molecule has 0 saturated heterocycles. The highest BCUT2D eigenvalue weighted by Crippen LogP contribution is 2.17. The second kappa shape index (κ2) is 11.9. The van der Waals surface area contributed by atoms with Gasteiger partial charge in [-0.2, -0.15) is 5.10 Å². The van der Waals surface area contributed by atoms with Gasteiger partial charge >= 0.3 is 0 Å². The molecule has 2 N–H and O–H groups in total. The predicted molar refractivity (Wildman–Crippen MR) is 126 cm³/mol. The summed E-state index contributed by atoms with van der Waals surface area (Å²) in [7, 11) is 1.65. The Morgan fingerprint density at radius 3 is 2.62 bits per heavy atom. The number of aryl methyl sites for hydroxylation is 2. The van der Waals surface area contributed by atoms with Crippen LogP contribution < -0.4 is 15.4 Å². The molecule has 170 valence electrons. The van der Waals surface area contributed by atoms with Crippen molar-refractivity contribution >= 4 is 5.96 Å². The molecule has 0 radical (unpaired) electrons. The number of aliphatic imine (C=N–C) groups is 1.